The molecule has 6 heteroatoms. The van der Waals surface area contributed by atoms with Crippen molar-refractivity contribution in [3.8, 4) is 5.75 Å². The molecule has 25 heavy (non-hydrogen) atoms. The number of hydrogen-bond donors (Lipinski definition) is 1. The van der Waals surface area contributed by atoms with Gasteiger partial charge in [-0.15, -0.1) is 0 Å². The van der Waals surface area contributed by atoms with E-state index in [2.05, 4.69) is 0 Å². The number of carbonyl (C=O) groups is 2. The Morgan fingerprint density at radius 2 is 1.80 bits per heavy atom. The Morgan fingerprint density at radius 1 is 1.16 bits per heavy atom. The SMILES string of the molecule is CC(Cc1ccccc1Cl)C(=O)N(C)c1ccc(OCC(=O)O)cc1. The summed E-state index contributed by atoms with van der Waals surface area (Å²) in [5.74, 6) is -0.854. The van der Waals surface area contributed by atoms with Gasteiger partial charge < -0.3 is 14.7 Å². The van der Waals surface area contributed by atoms with E-state index >= 15 is 0 Å². The van der Waals surface area contributed by atoms with E-state index in [1.807, 2.05) is 31.2 Å². The molecule has 5 nitrogen and oxygen atoms in total. The monoisotopic (exact) mass is 361 g/mol. The molecule has 1 atom stereocenters. The van der Waals surface area contributed by atoms with Crippen molar-refractivity contribution in [2.75, 3.05) is 18.6 Å². The predicted molar refractivity (Wildman–Crippen MR) is 97.3 cm³/mol. The van der Waals surface area contributed by atoms with Crippen LogP contribution < -0.4 is 9.64 Å². The first kappa shape index (κ1) is 18.8. The number of aliphatic carboxylic acids is 1. The Morgan fingerprint density at radius 3 is 2.40 bits per heavy atom. The van der Waals surface area contributed by atoms with Crippen LogP contribution in [0.1, 0.15) is 12.5 Å². The number of amides is 1. The molecule has 0 fully saturated rings. The third kappa shape index (κ3) is 5.22. The van der Waals surface area contributed by atoms with Gasteiger partial charge in [-0.3, -0.25) is 4.79 Å². The summed E-state index contributed by atoms with van der Waals surface area (Å²) in [6, 6.07) is 14.2. The van der Waals surface area contributed by atoms with Crippen LogP contribution in [0.3, 0.4) is 0 Å². The van der Waals surface area contributed by atoms with E-state index in [1.54, 1.807) is 36.2 Å². The highest BCUT2D eigenvalue weighted by atomic mass is 35.5. The summed E-state index contributed by atoms with van der Waals surface area (Å²) >= 11 is 6.16. The van der Waals surface area contributed by atoms with Crippen LogP contribution in [0, 0.1) is 5.92 Å². The molecular weight excluding hydrogens is 342 g/mol. The summed E-state index contributed by atoms with van der Waals surface area (Å²) in [5.41, 5.74) is 1.65. The summed E-state index contributed by atoms with van der Waals surface area (Å²) in [6.07, 6.45) is 0.558. The molecular formula is C19H20ClNO4. The lowest BCUT2D eigenvalue weighted by Gasteiger charge is -2.22. The van der Waals surface area contributed by atoms with Gasteiger partial charge in [0.1, 0.15) is 5.75 Å². The van der Waals surface area contributed by atoms with Gasteiger partial charge in [0.25, 0.3) is 0 Å². The fraction of sp³-hybridized carbons (Fsp3) is 0.263. The van der Waals surface area contributed by atoms with Gasteiger partial charge in [0, 0.05) is 23.7 Å². The standard InChI is InChI=1S/C19H20ClNO4/c1-13(11-14-5-3-4-6-17(14)20)19(24)21(2)15-7-9-16(10-8-15)25-12-18(22)23/h3-10,13H,11-12H2,1-2H3,(H,22,23). The van der Waals surface area contributed by atoms with E-state index in [4.69, 9.17) is 21.4 Å². The number of rotatable bonds is 7. The number of nitrogens with zero attached hydrogens (tertiary/aromatic N) is 1. The van der Waals surface area contributed by atoms with Crippen molar-refractivity contribution in [1.29, 1.82) is 0 Å². The molecule has 2 rings (SSSR count). The van der Waals surface area contributed by atoms with Crippen LogP contribution in [-0.4, -0.2) is 30.6 Å². The van der Waals surface area contributed by atoms with E-state index in [1.165, 1.54) is 0 Å². The topological polar surface area (TPSA) is 66.8 Å². The highest BCUT2D eigenvalue weighted by Gasteiger charge is 2.20. The third-order valence-electron chi connectivity index (χ3n) is 3.82. The number of carbonyl (C=O) groups excluding carboxylic acids is 1. The fourth-order valence-corrected chi connectivity index (χ4v) is 2.66. The Labute approximate surface area is 151 Å². The Hall–Kier alpha value is -2.53. The molecule has 1 unspecified atom stereocenters. The molecule has 0 aliphatic rings. The number of carboxylic acid groups (broad SMARTS) is 1. The number of benzene rings is 2. The lowest BCUT2D eigenvalue weighted by Crippen LogP contribution is -2.32. The lowest BCUT2D eigenvalue weighted by molar-refractivity contribution is -0.139. The van der Waals surface area contributed by atoms with Crippen LogP contribution in [0.4, 0.5) is 5.69 Å². The van der Waals surface area contributed by atoms with Gasteiger partial charge in [0.05, 0.1) is 0 Å². The molecule has 0 bridgehead atoms. The Kier molecular flexibility index (Phi) is 6.42. The van der Waals surface area contributed by atoms with Crippen LogP contribution in [0.5, 0.6) is 5.75 Å². The van der Waals surface area contributed by atoms with Gasteiger partial charge in [0.2, 0.25) is 5.91 Å². The first-order valence-electron chi connectivity index (χ1n) is 7.84. The largest absolute Gasteiger partial charge is 0.482 e. The minimum absolute atomic E-state index is 0.0286. The second-order valence-corrected chi connectivity index (χ2v) is 6.18. The fourth-order valence-electron chi connectivity index (χ4n) is 2.45. The number of carboxylic acids is 1. The van der Waals surface area contributed by atoms with Crippen molar-refractivity contribution in [3.63, 3.8) is 0 Å². The average molecular weight is 362 g/mol. The van der Waals surface area contributed by atoms with Gasteiger partial charge in [-0.2, -0.15) is 0 Å². The lowest BCUT2D eigenvalue weighted by atomic mass is 9.99. The van der Waals surface area contributed by atoms with Crippen molar-refractivity contribution < 1.29 is 19.4 Å². The molecule has 0 aromatic heterocycles. The maximum absolute atomic E-state index is 12.6. The van der Waals surface area contributed by atoms with Gasteiger partial charge >= 0.3 is 5.97 Å². The summed E-state index contributed by atoms with van der Waals surface area (Å²) in [5, 5.41) is 9.26. The molecule has 0 radical (unpaired) electrons. The van der Waals surface area contributed by atoms with Gasteiger partial charge in [-0.1, -0.05) is 36.7 Å². The van der Waals surface area contributed by atoms with E-state index in [0.29, 0.717) is 22.9 Å². The molecule has 2 aromatic rings. The smallest absolute Gasteiger partial charge is 0.341 e. The maximum Gasteiger partial charge on any atom is 0.341 e. The molecule has 0 heterocycles. The zero-order chi connectivity index (χ0) is 18.4. The third-order valence-corrected chi connectivity index (χ3v) is 4.19. The summed E-state index contributed by atoms with van der Waals surface area (Å²) in [7, 11) is 1.71. The molecule has 1 amide bonds. The van der Waals surface area contributed by atoms with Crippen molar-refractivity contribution in [3.05, 3.63) is 59.1 Å². The summed E-state index contributed by atoms with van der Waals surface area (Å²) in [6.45, 7) is 1.47. The van der Waals surface area contributed by atoms with Crippen LogP contribution in [-0.2, 0) is 16.0 Å². The molecule has 0 spiro atoms. The quantitative estimate of drug-likeness (QED) is 0.817. The summed E-state index contributed by atoms with van der Waals surface area (Å²) in [4.78, 5) is 24.7. The van der Waals surface area contributed by atoms with Gasteiger partial charge in [-0.05, 0) is 42.3 Å². The molecule has 1 N–H and O–H groups in total. The number of anilines is 1. The van der Waals surface area contributed by atoms with Crippen molar-refractivity contribution in [2.45, 2.75) is 13.3 Å². The number of ether oxygens (including phenoxy) is 1. The molecule has 0 aliphatic carbocycles. The second-order valence-electron chi connectivity index (χ2n) is 5.77. The first-order valence-corrected chi connectivity index (χ1v) is 8.22. The average Bonchev–Trinajstić information content (AvgIpc) is 2.61. The Balaban J connectivity index is 2.01. The van der Waals surface area contributed by atoms with Crippen LogP contribution in [0.25, 0.3) is 0 Å². The second kappa shape index (κ2) is 8.53. The highest BCUT2D eigenvalue weighted by molar-refractivity contribution is 6.31. The number of hydrogen-bond acceptors (Lipinski definition) is 3. The minimum Gasteiger partial charge on any atom is -0.482 e. The van der Waals surface area contributed by atoms with Gasteiger partial charge in [0.15, 0.2) is 6.61 Å². The highest BCUT2D eigenvalue weighted by Crippen LogP contribution is 2.23. The number of halogens is 1. The maximum atomic E-state index is 12.6. The molecule has 0 aliphatic heterocycles. The zero-order valence-corrected chi connectivity index (χ0v) is 14.9. The van der Waals surface area contributed by atoms with E-state index in [-0.39, 0.29) is 11.8 Å². The van der Waals surface area contributed by atoms with E-state index < -0.39 is 12.6 Å². The Bertz CT molecular complexity index is 745. The molecule has 0 saturated heterocycles. The van der Waals surface area contributed by atoms with E-state index in [9.17, 15) is 9.59 Å². The zero-order valence-electron chi connectivity index (χ0n) is 14.1. The van der Waals surface area contributed by atoms with Gasteiger partial charge in [-0.25, -0.2) is 4.79 Å². The first-order chi connectivity index (χ1) is 11.9. The predicted octanol–water partition coefficient (Wildman–Crippen LogP) is 3.65. The summed E-state index contributed by atoms with van der Waals surface area (Å²) < 4.78 is 5.08. The van der Waals surface area contributed by atoms with Crippen molar-refractivity contribution in [1.82, 2.24) is 0 Å². The van der Waals surface area contributed by atoms with Crippen LogP contribution in [0.15, 0.2) is 48.5 Å². The molecule has 2 aromatic carbocycles. The van der Waals surface area contributed by atoms with Crippen molar-refractivity contribution >= 4 is 29.2 Å². The van der Waals surface area contributed by atoms with Crippen LogP contribution >= 0.6 is 11.6 Å². The molecule has 132 valence electrons. The van der Waals surface area contributed by atoms with Crippen molar-refractivity contribution in [2.24, 2.45) is 5.92 Å². The normalized spacial score (nSPS) is 11.6. The minimum atomic E-state index is -1.04. The van der Waals surface area contributed by atoms with E-state index in [0.717, 1.165) is 5.56 Å². The van der Waals surface area contributed by atoms with Crippen LogP contribution in [0.2, 0.25) is 5.02 Å². The molecule has 0 saturated carbocycles.